The van der Waals surface area contributed by atoms with Crippen molar-refractivity contribution in [2.24, 2.45) is 0 Å². The van der Waals surface area contributed by atoms with E-state index in [1.54, 1.807) is 36.4 Å². The summed E-state index contributed by atoms with van der Waals surface area (Å²) in [5.74, 6) is -2.05. The highest BCUT2D eigenvalue weighted by Gasteiger charge is 2.37. The number of hydrogen-bond acceptors (Lipinski definition) is 6. The van der Waals surface area contributed by atoms with Crippen LogP contribution in [0, 0.1) is 6.92 Å². The van der Waals surface area contributed by atoms with E-state index in [0.717, 1.165) is 10.5 Å². The van der Waals surface area contributed by atoms with Gasteiger partial charge >= 0.3 is 11.9 Å². The Morgan fingerprint density at radius 3 is 2.28 bits per heavy atom. The Morgan fingerprint density at radius 2 is 1.53 bits per heavy atom. The van der Waals surface area contributed by atoms with Gasteiger partial charge in [-0.25, -0.2) is 14.5 Å². The van der Waals surface area contributed by atoms with Crippen LogP contribution in [0.3, 0.4) is 0 Å². The first-order valence-electron chi connectivity index (χ1n) is 9.83. The molecule has 0 saturated heterocycles. The molecule has 7 heteroatoms. The van der Waals surface area contributed by atoms with Gasteiger partial charge in [0.05, 0.1) is 35.1 Å². The zero-order valence-electron chi connectivity index (χ0n) is 17.5. The van der Waals surface area contributed by atoms with Crippen LogP contribution in [0.5, 0.6) is 0 Å². The van der Waals surface area contributed by atoms with Crippen LogP contribution in [0.1, 0.15) is 52.6 Å². The van der Waals surface area contributed by atoms with E-state index in [9.17, 15) is 19.2 Å². The summed E-state index contributed by atoms with van der Waals surface area (Å²) >= 11 is 0. The van der Waals surface area contributed by atoms with Gasteiger partial charge in [-0.15, -0.1) is 0 Å². The van der Waals surface area contributed by atoms with Gasteiger partial charge in [-0.3, -0.25) is 9.59 Å². The van der Waals surface area contributed by atoms with E-state index >= 15 is 0 Å². The Hall–Kier alpha value is -4.26. The predicted octanol–water partition coefficient (Wildman–Crippen LogP) is 3.94. The highest BCUT2D eigenvalue weighted by Crippen LogP contribution is 2.31. The van der Waals surface area contributed by atoms with E-state index < -0.39 is 23.8 Å². The minimum absolute atomic E-state index is 0.0665. The third kappa shape index (κ3) is 3.76. The normalized spacial score (nSPS) is 12.5. The lowest BCUT2D eigenvalue weighted by Crippen LogP contribution is -2.29. The van der Waals surface area contributed by atoms with Crippen molar-refractivity contribution in [3.63, 3.8) is 0 Å². The topological polar surface area (TPSA) is 90.0 Å². The molecule has 0 saturated carbocycles. The van der Waals surface area contributed by atoms with Crippen molar-refractivity contribution in [2.45, 2.75) is 13.5 Å². The molecule has 0 aromatic heterocycles. The van der Waals surface area contributed by atoms with E-state index in [2.05, 4.69) is 4.74 Å². The largest absolute Gasteiger partial charge is 0.465 e. The molecule has 3 aromatic carbocycles. The van der Waals surface area contributed by atoms with E-state index in [0.29, 0.717) is 16.8 Å². The van der Waals surface area contributed by atoms with Crippen LogP contribution in [-0.2, 0) is 16.1 Å². The summed E-state index contributed by atoms with van der Waals surface area (Å²) in [5, 5.41) is 0. The number of hydrogen-bond donors (Lipinski definition) is 0. The van der Waals surface area contributed by atoms with Gasteiger partial charge in [-0.2, -0.15) is 0 Å². The standard InChI is InChI=1S/C25H19NO6/c1-15-6-3-4-9-21(15)26-22(27)19-11-10-18(13-20(19)23(26)28)25(30)32-14-16-7-5-8-17(12-16)24(29)31-2/h3-13H,14H2,1-2H3. The number of rotatable bonds is 5. The molecule has 0 fully saturated rings. The van der Waals surface area contributed by atoms with Gasteiger partial charge < -0.3 is 9.47 Å². The number of amides is 2. The molecule has 1 aliphatic heterocycles. The molecular weight excluding hydrogens is 410 g/mol. The highest BCUT2D eigenvalue weighted by atomic mass is 16.5. The number of carbonyl (C=O) groups is 4. The second-order valence-electron chi connectivity index (χ2n) is 7.26. The number of para-hydroxylation sites is 1. The van der Waals surface area contributed by atoms with Crippen LogP contribution < -0.4 is 4.90 Å². The molecule has 0 aliphatic carbocycles. The van der Waals surface area contributed by atoms with Crippen molar-refractivity contribution in [1.82, 2.24) is 0 Å². The third-order valence-electron chi connectivity index (χ3n) is 5.20. The molecule has 7 nitrogen and oxygen atoms in total. The summed E-state index contributed by atoms with van der Waals surface area (Å²) in [5.41, 5.74) is 2.80. The van der Waals surface area contributed by atoms with Gasteiger partial charge in [-0.1, -0.05) is 30.3 Å². The van der Waals surface area contributed by atoms with Crippen molar-refractivity contribution in [1.29, 1.82) is 0 Å². The summed E-state index contributed by atoms with van der Waals surface area (Å²) in [6, 6.07) is 17.9. The number of ether oxygens (including phenoxy) is 2. The number of anilines is 1. The molecule has 3 aromatic rings. The maximum Gasteiger partial charge on any atom is 0.338 e. The second-order valence-corrected chi connectivity index (χ2v) is 7.26. The van der Waals surface area contributed by atoms with Crippen molar-refractivity contribution >= 4 is 29.4 Å². The predicted molar refractivity (Wildman–Crippen MR) is 116 cm³/mol. The molecule has 0 radical (unpaired) electrons. The minimum Gasteiger partial charge on any atom is -0.465 e. The van der Waals surface area contributed by atoms with Crippen LogP contribution in [0.15, 0.2) is 66.7 Å². The number of imide groups is 1. The number of esters is 2. The molecule has 0 spiro atoms. The number of nitrogens with zero attached hydrogens (tertiary/aromatic N) is 1. The molecular formula is C25H19NO6. The van der Waals surface area contributed by atoms with Gasteiger partial charge in [-0.05, 0) is 54.4 Å². The first kappa shape index (κ1) is 21.0. The van der Waals surface area contributed by atoms with Gasteiger partial charge in [0.25, 0.3) is 11.8 Å². The molecule has 32 heavy (non-hydrogen) atoms. The summed E-state index contributed by atoms with van der Waals surface area (Å²) in [6.07, 6.45) is 0. The Labute approximate surface area is 184 Å². The Bertz CT molecular complexity index is 1260. The van der Waals surface area contributed by atoms with Crippen molar-refractivity contribution in [3.8, 4) is 0 Å². The van der Waals surface area contributed by atoms with E-state index in [1.807, 2.05) is 19.1 Å². The van der Waals surface area contributed by atoms with E-state index in [1.165, 1.54) is 25.3 Å². The summed E-state index contributed by atoms with van der Waals surface area (Å²) < 4.78 is 10.0. The number of aryl methyl sites for hydroxylation is 1. The monoisotopic (exact) mass is 429 g/mol. The van der Waals surface area contributed by atoms with Crippen molar-refractivity contribution in [2.75, 3.05) is 12.0 Å². The average molecular weight is 429 g/mol. The summed E-state index contributed by atoms with van der Waals surface area (Å²) in [6.45, 7) is 1.75. The Kier molecular flexibility index (Phi) is 5.55. The van der Waals surface area contributed by atoms with Gasteiger partial charge in [0.1, 0.15) is 6.61 Å². The lowest BCUT2D eigenvalue weighted by atomic mass is 10.1. The second kappa shape index (κ2) is 8.47. The number of fused-ring (bicyclic) bond motifs is 1. The zero-order valence-corrected chi connectivity index (χ0v) is 17.5. The van der Waals surface area contributed by atoms with Gasteiger partial charge in [0.2, 0.25) is 0 Å². The van der Waals surface area contributed by atoms with E-state index in [-0.39, 0.29) is 23.3 Å². The first-order chi connectivity index (χ1) is 15.4. The third-order valence-corrected chi connectivity index (χ3v) is 5.20. The van der Waals surface area contributed by atoms with Gasteiger partial charge in [0.15, 0.2) is 0 Å². The molecule has 160 valence electrons. The molecule has 0 unspecified atom stereocenters. The van der Waals surface area contributed by atoms with Crippen LogP contribution >= 0.6 is 0 Å². The fraction of sp³-hybridized carbons (Fsp3) is 0.120. The quantitative estimate of drug-likeness (QED) is 0.451. The Morgan fingerprint density at radius 1 is 0.812 bits per heavy atom. The molecule has 2 amide bonds. The van der Waals surface area contributed by atoms with Crippen LogP contribution in [0.25, 0.3) is 0 Å². The fourth-order valence-corrected chi connectivity index (χ4v) is 3.54. The van der Waals surface area contributed by atoms with E-state index in [4.69, 9.17) is 4.74 Å². The zero-order chi connectivity index (χ0) is 22.8. The molecule has 0 atom stereocenters. The first-order valence-corrected chi connectivity index (χ1v) is 9.83. The maximum absolute atomic E-state index is 13.0. The lowest BCUT2D eigenvalue weighted by Gasteiger charge is -2.16. The van der Waals surface area contributed by atoms with Crippen LogP contribution in [0.4, 0.5) is 5.69 Å². The molecule has 0 N–H and O–H groups in total. The summed E-state index contributed by atoms with van der Waals surface area (Å²) in [7, 11) is 1.29. The smallest absolute Gasteiger partial charge is 0.338 e. The highest BCUT2D eigenvalue weighted by molar-refractivity contribution is 6.34. The Balaban J connectivity index is 1.53. The number of methoxy groups -OCH3 is 1. The van der Waals surface area contributed by atoms with Crippen LogP contribution in [-0.4, -0.2) is 30.9 Å². The minimum atomic E-state index is -0.647. The molecule has 1 aliphatic rings. The maximum atomic E-state index is 13.0. The van der Waals surface area contributed by atoms with Crippen molar-refractivity contribution < 1.29 is 28.7 Å². The molecule has 0 bridgehead atoms. The SMILES string of the molecule is COC(=O)c1cccc(COC(=O)c2ccc3c(c2)C(=O)N(c2ccccc2C)C3=O)c1. The van der Waals surface area contributed by atoms with Gasteiger partial charge in [0, 0.05) is 0 Å². The van der Waals surface area contributed by atoms with Crippen LogP contribution in [0.2, 0.25) is 0 Å². The fourth-order valence-electron chi connectivity index (χ4n) is 3.54. The van der Waals surface area contributed by atoms with Crippen molar-refractivity contribution in [3.05, 3.63) is 100 Å². The number of benzene rings is 3. The lowest BCUT2D eigenvalue weighted by molar-refractivity contribution is 0.0472. The molecule has 1 heterocycles. The summed E-state index contributed by atoms with van der Waals surface area (Å²) in [4.78, 5) is 51.1. The molecule has 4 rings (SSSR count). The average Bonchev–Trinajstić information content (AvgIpc) is 3.07. The number of carbonyl (C=O) groups excluding carboxylic acids is 4.